The lowest BCUT2D eigenvalue weighted by Crippen LogP contribution is -2.50. The van der Waals surface area contributed by atoms with Crippen LogP contribution in [0.3, 0.4) is 0 Å². The number of ether oxygens (including phenoxy) is 1. The molecular weight excluding hydrogens is 296 g/mol. The Kier molecular flexibility index (Phi) is 5.38. The molecular formula is C17H24N2O4. The number of nitrogens with zero attached hydrogens (tertiary/aromatic N) is 1. The number of hydrogen-bond acceptors (Lipinski definition) is 4. The highest BCUT2D eigenvalue weighted by atomic mass is 16.5. The molecule has 1 aliphatic rings. The van der Waals surface area contributed by atoms with Gasteiger partial charge in [-0.15, -0.1) is 0 Å². The van der Waals surface area contributed by atoms with E-state index in [1.807, 2.05) is 12.1 Å². The van der Waals surface area contributed by atoms with Crippen LogP contribution in [0.5, 0.6) is 0 Å². The molecule has 126 valence electrons. The smallest absolute Gasteiger partial charge is 0.254 e. The highest BCUT2D eigenvalue weighted by molar-refractivity contribution is 5.94. The van der Waals surface area contributed by atoms with E-state index in [1.54, 1.807) is 30.9 Å². The van der Waals surface area contributed by atoms with E-state index in [9.17, 15) is 14.7 Å². The Bertz CT molecular complexity index is 563. The summed E-state index contributed by atoms with van der Waals surface area (Å²) in [6, 6.07) is 7.34. The molecule has 6 heteroatoms. The topological polar surface area (TPSA) is 92.9 Å². The minimum absolute atomic E-state index is 0.131. The average molecular weight is 320 g/mol. The third-order valence-corrected chi connectivity index (χ3v) is 3.90. The molecule has 0 bridgehead atoms. The number of nitrogens with two attached hydrogens (primary N) is 1. The predicted octanol–water partition coefficient (Wildman–Crippen LogP) is 0.716. The SMILES string of the molecule is CC(C)(O)CCc1ccc(C(=O)N2CCO[C@@H](C(N)=O)C2)cc1. The van der Waals surface area contributed by atoms with Crippen LogP contribution in [0.1, 0.15) is 36.2 Å². The Morgan fingerprint density at radius 2 is 2.00 bits per heavy atom. The number of aliphatic hydroxyl groups is 1. The lowest BCUT2D eigenvalue weighted by molar-refractivity contribution is -0.133. The van der Waals surface area contributed by atoms with E-state index in [2.05, 4.69) is 0 Å². The Labute approximate surface area is 136 Å². The van der Waals surface area contributed by atoms with Gasteiger partial charge in [0.05, 0.1) is 18.8 Å². The molecule has 1 saturated heterocycles. The van der Waals surface area contributed by atoms with Crippen LogP contribution in [-0.2, 0) is 16.0 Å². The summed E-state index contributed by atoms with van der Waals surface area (Å²) in [5.74, 6) is -0.682. The molecule has 1 aliphatic heterocycles. The number of aryl methyl sites for hydroxylation is 1. The first kappa shape index (κ1) is 17.4. The number of carbonyl (C=O) groups excluding carboxylic acids is 2. The number of morpholine rings is 1. The normalized spacial score (nSPS) is 18.7. The van der Waals surface area contributed by atoms with Crippen molar-refractivity contribution in [2.24, 2.45) is 5.73 Å². The molecule has 23 heavy (non-hydrogen) atoms. The first-order valence-corrected chi connectivity index (χ1v) is 7.78. The summed E-state index contributed by atoms with van der Waals surface area (Å²) in [6.45, 7) is 4.50. The molecule has 0 unspecified atom stereocenters. The fraction of sp³-hybridized carbons (Fsp3) is 0.529. The number of rotatable bonds is 5. The van der Waals surface area contributed by atoms with Gasteiger partial charge in [0.25, 0.3) is 5.91 Å². The summed E-state index contributed by atoms with van der Waals surface area (Å²) in [6.07, 6.45) is 0.669. The molecule has 0 aromatic heterocycles. The molecule has 0 aliphatic carbocycles. The highest BCUT2D eigenvalue weighted by Crippen LogP contribution is 2.15. The number of hydrogen-bond donors (Lipinski definition) is 2. The summed E-state index contributed by atoms with van der Waals surface area (Å²) < 4.78 is 5.25. The van der Waals surface area contributed by atoms with Gasteiger partial charge < -0.3 is 20.5 Å². The first-order valence-electron chi connectivity index (χ1n) is 7.78. The zero-order chi connectivity index (χ0) is 17.0. The van der Waals surface area contributed by atoms with Crippen LogP contribution in [0, 0.1) is 0 Å². The van der Waals surface area contributed by atoms with Crippen LogP contribution in [0.4, 0.5) is 0 Å². The van der Waals surface area contributed by atoms with Gasteiger partial charge in [-0.05, 0) is 44.4 Å². The minimum atomic E-state index is -0.737. The summed E-state index contributed by atoms with van der Waals surface area (Å²) in [5, 5.41) is 9.75. The van der Waals surface area contributed by atoms with Gasteiger partial charge in [0.1, 0.15) is 0 Å². The van der Waals surface area contributed by atoms with Crippen LogP contribution < -0.4 is 5.73 Å². The maximum Gasteiger partial charge on any atom is 0.254 e. The number of primary amides is 1. The van der Waals surface area contributed by atoms with Gasteiger partial charge in [-0.25, -0.2) is 0 Å². The summed E-state index contributed by atoms with van der Waals surface area (Å²) >= 11 is 0. The molecule has 0 radical (unpaired) electrons. The minimum Gasteiger partial charge on any atom is -0.390 e. The van der Waals surface area contributed by atoms with Gasteiger partial charge in [0.15, 0.2) is 6.10 Å². The van der Waals surface area contributed by atoms with Gasteiger partial charge in [-0.2, -0.15) is 0 Å². The quantitative estimate of drug-likeness (QED) is 0.836. The van der Waals surface area contributed by atoms with Crippen LogP contribution in [0.2, 0.25) is 0 Å². The monoisotopic (exact) mass is 320 g/mol. The molecule has 1 heterocycles. The molecule has 1 atom stereocenters. The fourth-order valence-corrected chi connectivity index (χ4v) is 2.45. The third-order valence-electron chi connectivity index (χ3n) is 3.90. The summed E-state index contributed by atoms with van der Waals surface area (Å²) in [5.41, 5.74) is 6.17. The van der Waals surface area contributed by atoms with E-state index >= 15 is 0 Å². The second-order valence-corrected chi connectivity index (χ2v) is 6.52. The fourth-order valence-electron chi connectivity index (χ4n) is 2.45. The van der Waals surface area contributed by atoms with Gasteiger partial charge in [0.2, 0.25) is 5.91 Å². The van der Waals surface area contributed by atoms with Gasteiger partial charge in [-0.3, -0.25) is 9.59 Å². The van der Waals surface area contributed by atoms with Crippen molar-refractivity contribution in [1.29, 1.82) is 0 Å². The third kappa shape index (κ3) is 5.04. The van der Waals surface area contributed by atoms with Gasteiger partial charge >= 0.3 is 0 Å². The largest absolute Gasteiger partial charge is 0.390 e. The zero-order valence-electron chi connectivity index (χ0n) is 13.6. The Balaban J connectivity index is 1.98. The number of benzene rings is 1. The maximum absolute atomic E-state index is 12.5. The molecule has 1 fully saturated rings. The Morgan fingerprint density at radius 3 is 2.57 bits per heavy atom. The molecule has 1 aromatic carbocycles. The molecule has 0 saturated carbocycles. The number of carbonyl (C=O) groups is 2. The van der Waals surface area contributed by atoms with Crippen molar-refractivity contribution in [2.75, 3.05) is 19.7 Å². The molecule has 3 N–H and O–H groups in total. The van der Waals surface area contributed by atoms with E-state index in [0.29, 0.717) is 25.1 Å². The van der Waals surface area contributed by atoms with Crippen molar-refractivity contribution in [1.82, 2.24) is 4.90 Å². The van der Waals surface area contributed by atoms with Crippen LogP contribution in [0.15, 0.2) is 24.3 Å². The molecule has 2 rings (SSSR count). The summed E-state index contributed by atoms with van der Waals surface area (Å²) in [7, 11) is 0. The molecule has 0 spiro atoms. The van der Waals surface area contributed by atoms with E-state index in [-0.39, 0.29) is 12.5 Å². The van der Waals surface area contributed by atoms with E-state index in [4.69, 9.17) is 10.5 Å². The maximum atomic E-state index is 12.5. The van der Waals surface area contributed by atoms with E-state index in [0.717, 1.165) is 12.0 Å². The van der Waals surface area contributed by atoms with Crippen LogP contribution >= 0.6 is 0 Å². The van der Waals surface area contributed by atoms with Crippen LogP contribution in [-0.4, -0.2) is 53.2 Å². The molecule has 2 amide bonds. The van der Waals surface area contributed by atoms with E-state index < -0.39 is 17.6 Å². The van der Waals surface area contributed by atoms with Crippen molar-refractivity contribution in [3.63, 3.8) is 0 Å². The Hall–Kier alpha value is -1.92. The van der Waals surface area contributed by atoms with Crippen molar-refractivity contribution in [2.45, 2.75) is 38.4 Å². The molecule has 1 aromatic rings. The lowest BCUT2D eigenvalue weighted by atomic mass is 9.98. The zero-order valence-corrected chi connectivity index (χ0v) is 13.6. The van der Waals surface area contributed by atoms with Crippen LogP contribution in [0.25, 0.3) is 0 Å². The van der Waals surface area contributed by atoms with Crippen molar-refractivity contribution in [3.8, 4) is 0 Å². The summed E-state index contributed by atoms with van der Waals surface area (Å²) in [4.78, 5) is 25.3. The second-order valence-electron chi connectivity index (χ2n) is 6.52. The standard InChI is InChI=1S/C17H24N2O4/c1-17(2,22)8-7-12-3-5-13(6-4-12)16(21)19-9-10-23-14(11-19)15(18)20/h3-6,14,22H,7-11H2,1-2H3,(H2,18,20)/t14-/m1/s1. The highest BCUT2D eigenvalue weighted by Gasteiger charge is 2.28. The van der Waals surface area contributed by atoms with Crippen molar-refractivity contribution in [3.05, 3.63) is 35.4 Å². The van der Waals surface area contributed by atoms with Crippen molar-refractivity contribution < 1.29 is 19.4 Å². The Morgan fingerprint density at radius 1 is 1.35 bits per heavy atom. The van der Waals surface area contributed by atoms with Crippen molar-refractivity contribution >= 4 is 11.8 Å². The number of amides is 2. The molecule has 6 nitrogen and oxygen atoms in total. The van der Waals surface area contributed by atoms with Gasteiger partial charge in [-0.1, -0.05) is 12.1 Å². The average Bonchev–Trinajstić information content (AvgIpc) is 2.52. The predicted molar refractivity (Wildman–Crippen MR) is 85.9 cm³/mol. The van der Waals surface area contributed by atoms with Gasteiger partial charge in [0, 0.05) is 12.1 Å². The van der Waals surface area contributed by atoms with E-state index in [1.165, 1.54) is 0 Å². The first-order chi connectivity index (χ1) is 10.8. The lowest BCUT2D eigenvalue weighted by Gasteiger charge is -2.31. The second kappa shape index (κ2) is 7.10.